The zero-order valence-electron chi connectivity index (χ0n) is 10.0. The maximum atomic E-state index is 13.3. The van der Waals surface area contributed by atoms with Crippen molar-refractivity contribution < 1.29 is 13.9 Å². The van der Waals surface area contributed by atoms with Crippen molar-refractivity contribution >= 4 is 15.9 Å². The molecule has 1 heterocycles. The van der Waals surface area contributed by atoms with Crippen LogP contribution < -0.4 is 5.32 Å². The molecule has 1 aromatic rings. The summed E-state index contributed by atoms with van der Waals surface area (Å²) in [5, 5.41) is 16.8. The van der Waals surface area contributed by atoms with Crippen LogP contribution in [0.25, 0.3) is 0 Å². The second-order valence-electron chi connectivity index (χ2n) is 4.68. The fourth-order valence-corrected chi connectivity index (χ4v) is 2.74. The summed E-state index contributed by atoms with van der Waals surface area (Å²) in [4.78, 5) is 0. The third-order valence-corrected chi connectivity index (χ3v) is 3.89. The number of rotatable bonds is 3. The van der Waals surface area contributed by atoms with Gasteiger partial charge in [0, 0.05) is 32.3 Å². The topological polar surface area (TPSA) is 50.1 Å². The SMILES string of the molecule is Cn1cc(Br)c(CN[C@@H]2CCCC(F)(F)[C@H]2O)n1. The van der Waals surface area contributed by atoms with E-state index in [2.05, 4.69) is 26.3 Å². The van der Waals surface area contributed by atoms with E-state index in [0.29, 0.717) is 19.4 Å². The molecule has 1 saturated carbocycles. The minimum Gasteiger partial charge on any atom is -0.385 e. The van der Waals surface area contributed by atoms with Gasteiger partial charge in [0.15, 0.2) is 0 Å². The van der Waals surface area contributed by atoms with Gasteiger partial charge in [0.25, 0.3) is 5.92 Å². The lowest BCUT2D eigenvalue weighted by Gasteiger charge is -2.34. The molecule has 2 N–H and O–H groups in total. The highest BCUT2D eigenvalue weighted by Gasteiger charge is 2.45. The number of nitrogens with one attached hydrogen (secondary N) is 1. The predicted octanol–water partition coefficient (Wildman–Crippen LogP) is 1.82. The number of aryl methyl sites for hydroxylation is 1. The zero-order valence-corrected chi connectivity index (χ0v) is 11.6. The van der Waals surface area contributed by atoms with Crippen LogP contribution in [0.15, 0.2) is 10.7 Å². The summed E-state index contributed by atoms with van der Waals surface area (Å²) in [6.45, 7) is 0.360. The lowest BCUT2D eigenvalue weighted by molar-refractivity contribution is -0.143. The molecule has 0 aromatic carbocycles. The van der Waals surface area contributed by atoms with Gasteiger partial charge in [-0.2, -0.15) is 5.10 Å². The summed E-state index contributed by atoms with van der Waals surface area (Å²) < 4.78 is 29.2. The minimum absolute atomic E-state index is 0.236. The lowest BCUT2D eigenvalue weighted by atomic mass is 9.89. The van der Waals surface area contributed by atoms with Gasteiger partial charge in [-0.3, -0.25) is 4.68 Å². The van der Waals surface area contributed by atoms with Crippen LogP contribution in [-0.2, 0) is 13.6 Å². The van der Waals surface area contributed by atoms with E-state index in [1.54, 1.807) is 17.9 Å². The van der Waals surface area contributed by atoms with Gasteiger partial charge in [-0.25, -0.2) is 8.78 Å². The molecule has 2 atom stereocenters. The molecule has 0 radical (unpaired) electrons. The number of halogens is 3. The Balaban J connectivity index is 1.96. The van der Waals surface area contributed by atoms with Gasteiger partial charge in [-0.1, -0.05) is 0 Å². The monoisotopic (exact) mass is 323 g/mol. The normalized spacial score (nSPS) is 27.4. The Morgan fingerprint density at radius 1 is 1.67 bits per heavy atom. The summed E-state index contributed by atoms with van der Waals surface area (Å²) in [5.41, 5.74) is 0.749. The first-order chi connectivity index (χ1) is 8.40. The molecular formula is C11H16BrF2N3O. The molecule has 1 fully saturated rings. The van der Waals surface area contributed by atoms with Crippen molar-refractivity contribution in [2.75, 3.05) is 0 Å². The number of hydrogen-bond donors (Lipinski definition) is 2. The number of nitrogens with zero attached hydrogens (tertiary/aromatic N) is 2. The number of aliphatic hydroxyl groups is 1. The summed E-state index contributed by atoms with van der Waals surface area (Å²) >= 11 is 3.35. The molecular weight excluding hydrogens is 308 g/mol. The van der Waals surface area contributed by atoms with Gasteiger partial charge in [0.2, 0.25) is 0 Å². The van der Waals surface area contributed by atoms with Crippen LogP contribution in [-0.4, -0.2) is 33.0 Å². The van der Waals surface area contributed by atoms with Gasteiger partial charge in [-0.05, 0) is 28.8 Å². The van der Waals surface area contributed by atoms with Gasteiger partial charge < -0.3 is 10.4 Å². The highest BCUT2D eigenvalue weighted by molar-refractivity contribution is 9.10. The average molecular weight is 324 g/mol. The quantitative estimate of drug-likeness (QED) is 0.892. The van der Waals surface area contributed by atoms with E-state index < -0.39 is 18.1 Å². The summed E-state index contributed by atoms with van der Waals surface area (Å²) in [6.07, 6.45) is 0.920. The smallest absolute Gasteiger partial charge is 0.274 e. The van der Waals surface area contributed by atoms with Crippen LogP contribution in [0, 0.1) is 0 Å². The van der Waals surface area contributed by atoms with Crippen LogP contribution in [0.4, 0.5) is 8.78 Å². The van der Waals surface area contributed by atoms with Crippen molar-refractivity contribution in [3.05, 3.63) is 16.4 Å². The lowest BCUT2D eigenvalue weighted by Crippen LogP contribution is -2.52. The Morgan fingerprint density at radius 3 is 3.00 bits per heavy atom. The van der Waals surface area contributed by atoms with E-state index >= 15 is 0 Å². The van der Waals surface area contributed by atoms with Crippen molar-refractivity contribution in [3.63, 3.8) is 0 Å². The van der Waals surface area contributed by atoms with E-state index in [0.717, 1.165) is 10.2 Å². The molecule has 0 aliphatic heterocycles. The van der Waals surface area contributed by atoms with E-state index in [1.807, 2.05) is 0 Å². The summed E-state index contributed by atoms with van der Waals surface area (Å²) in [5.74, 6) is -2.99. The molecule has 7 heteroatoms. The summed E-state index contributed by atoms with van der Waals surface area (Å²) in [6, 6.07) is -0.581. The maximum Gasteiger partial charge on any atom is 0.274 e. The maximum absolute atomic E-state index is 13.3. The largest absolute Gasteiger partial charge is 0.385 e. The molecule has 18 heavy (non-hydrogen) atoms. The molecule has 102 valence electrons. The van der Waals surface area contributed by atoms with Crippen molar-refractivity contribution in [2.45, 2.75) is 43.9 Å². The third kappa shape index (κ3) is 2.89. The zero-order chi connectivity index (χ0) is 13.3. The first-order valence-corrected chi connectivity index (χ1v) is 6.67. The second kappa shape index (κ2) is 5.22. The standard InChI is InChI=1S/C11H16BrF2N3O/c1-17-6-7(12)9(16-17)5-15-8-3-2-4-11(13,14)10(8)18/h6,8,10,15,18H,2-5H2,1H3/t8-,10+/m1/s1. The second-order valence-corrected chi connectivity index (χ2v) is 5.54. The predicted molar refractivity (Wildman–Crippen MR) is 66.3 cm³/mol. The molecule has 2 rings (SSSR count). The van der Waals surface area contributed by atoms with E-state index in [1.165, 1.54) is 0 Å². The molecule has 1 aromatic heterocycles. The first-order valence-electron chi connectivity index (χ1n) is 5.87. The number of aromatic nitrogens is 2. The minimum atomic E-state index is -2.99. The van der Waals surface area contributed by atoms with Crippen LogP contribution in [0.2, 0.25) is 0 Å². The summed E-state index contributed by atoms with van der Waals surface area (Å²) in [7, 11) is 1.79. The Bertz CT molecular complexity index is 424. The Labute approximate surface area is 112 Å². The molecule has 0 amide bonds. The Morgan fingerprint density at radius 2 is 2.39 bits per heavy atom. The molecule has 1 aliphatic rings. The number of aliphatic hydroxyl groups excluding tert-OH is 1. The van der Waals surface area contributed by atoms with E-state index in [-0.39, 0.29) is 6.42 Å². The fourth-order valence-electron chi connectivity index (χ4n) is 2.22. The Hall–Kier alpha value is -0.530. The number of hydrogen-bond acceptors (Lipinski definition) is 3. The first kappa shape index (κ1) is 13.9. The van der Waals surface area contributed by atoms with Crippen molar-refractivity contribution in [3.8, 4) is 0 Å². The van der Waals surface area contributed by atoms with Gasteiger partial charge in [0.1, 0.15) is 6.10 Å². The van der Waals surface area contributed by atoms with E-state index in [9.17, 15) is 13.9 Å². The number of alkyl halides is 2. The van der Waals surface area contributed by atoms with Gasteiger partial charge in [0.05, 0.1) is 10.2 Å². The molecule has 0 bridgehead atoms. The Kier molecular flexibility index (Phi) is 4.03. The van der Waals surface area contributed by atoms with Crippen LogP contribution >= 0.6 is 15.9 Å². The average Bonchev–Trinajstić information content (AvgIpc) is 2.60. The van der Waals surface area contributed by atoms with Crippen LogP contribution in [0.5, 0.6) is 0 Å². The molecule has 4 nitrogen and oxygen atoms in total. The highest BCUT2D eigenvalue weighted by atomic mass is 79.9. The van der Waals surface area contributed by atoms with Crippen LogP contribution in [0.1, 0.15) is 25.0 Å². The van der Waals surface area contributed by atoms with Gasteiger partial charge >= 0.3 is 0 Å². The van der Waals surface area contributed by atoms with Crippen molar-refractivity contribution in [1.82, 2.24) is 15.1 Å². The molecule has 1 aliphatic carbocycles. The fraction of sp³-hybridized carbons (Fsp3) is 0.727. The van der Waals surface area contributed by atoms with Crippen molar-refractivity contribution in [1.29, 1.82) is 0 Å². The molecule has 0 saturated heterocycles. The highest BCUT2D eigenvalue weighted by Crippen LogP contribution is 2.33. The molecule has 0 spiro atoms. The molecule has 0 unspecified atom stereocenters. The van der Waals surface area contributed by atoms with E-state index in [4.69, 9.17) is 0 Å². The van der Waals surface area contributed by atoms with Gasteiger partial charge in [-0.15, -0.1) is 0 Å². The third-order valence-electron chi connectivity index (χ3n) is 3.23. The van der Waals surface area contributed by atoms with Crippen LogP contribution in [0.3, 0.4) is 0 Å². The van der Waals surface area contributed by atoms with Crippen molar-refractivity contribution in [2.24, 2.45) is 7.05 Å².